The van der Waals surface area contributed by atoms with E-state index in [1.54, 1.807) is 14.2 Å². The number of benzene rings is 2. The number of alkyl carbamates (subject to hydrolysis) is 1. The van der Waals surface area contributed by atoms with Crippen molar-refractivity contribution in [2.75, 3.05) is 27.3 Å². The van der Waals surface area contributed by atoms with Crippen LogP contribution in [0.25, 0.3) is 0 Å². The van der Waals surface area contributed by atoms with E-state index in [0.717, 1.165) is 22.6 Å². The summed E-state index contributed by atoms with van der Waals surface area (Å²) in [4.78, 5) is 12.3. The Kier molecular flexibility index (Phi) is 9.81. The first-order chi connectivity index (χ1) is 15.2. The fourth-order valence-electron chi connectivity index (χ4n) is 3.30. The predicted octanol–water partition coefficient (Wildman–Crippen LogP) is 3.33. The summed E-state index contributed by atoms with van der Waals surface area (Å²) in [5.74, 6) is 1.56. The minimum atomic E-state index is -0.796. The number of methoxy groups -OCH3 is 2. The van der Waals surface area contributed by atoms with Crippen LogP contribution in [0.5, 0.6) is 11.5 Å². The van der Waals surface area contributed by atoms with Crippen LogP contribution in [0.1, 0.15) is 31.9 Å². The van der Waals surface area contributed by atoms with Crippen LogP contribution in [0.4, 0.5) is 4.79 Å². The number of hydrogen-bond acceptors (Lipinski definition) is 6. The van der Waals surface area contributed by atoms with Crippen LogP contribution < -0.4 is 20.1 Å². The second kappa shape index (κ2) is 12.3. The van der Waals surface area contributed by atoms with Gasteiger partial charge in [-0.1, -0.05) is 30.3 Å². The average molecular weight is 445 g/mol. The molecule has 0 bridgehead atoms. The van der Waals surface area contributed by atoms with Gasteiger partial charge in [-0.2, -0.15) is 0 Å². The Hall–Kier alpha value is -2.77. The van der Waals surface area contributed by atoms with Crippen molar-refractivity contribution >= 4 is 6.09 Å². The zero-order chi connectivity index (χ0) is 23.6. The van der Waals surface area contributed by atoms with Crippen molar-refractivity contribution in [2.45, 2.75) is 51.4 Å². The van der Waals surface area contributed by atoms with Gasteiger partial charge in [-0.15, -0.1) is 0 Å². The summed E-state index contributed by atoms with van der Waals surface area (Å²) in [7, 11) is 3.27. The lowest BCUT2D eigenvalue weighted by Gasteiger charge is -2.27. The SMILES string of the molecule is COc1ccc(OC)c(CCNC[C@@H](O)[C@H](Cc2ccccc2)NC(=O)OC(C)(C)C)c1. The average Bonchev–Trinajstić information content (AvgIpc) is 2.75. The van der Waals surface area contributed by atoms with E-state index >= 15 is 0 Å². The summed E-state index contributed by atoms with van der Waals surface area (Å²) >= 11 is 0. The number of ether oxygens (including phenoxy) is 3. The summed E-state index contributed by atoms with van der Waals surface area (Å²) < 4.78 is 16.1. The molecular formula is C25H36N2O5. The third kappa shape index (κ3) is 8.77. The molecule has 3 N–H and O–H groups in total. The number of rotatable bonds is 11. The Labute approximate surface area is 191 Å². The number of amides is 1. The van der Waals surface area contributed by atoms with Gasteiger partial charge in [-0.3, -0.25) is 0 Å². The third-order valence-corrected chi connectivity index (χ3v) is 4.88. The molecule has 2 aromatic carbocycles. The first-order valence-electron chi connectivity index (χ1n) is 10.8. The van der Waals surface area contributed by atoms with E-state index in [1.165, 1.54) is 0 Å². The fraction of sp³-hybridized carbons (Fsp3) is 0.480. The van der Waals surface area contributed by atoms with E-state index in [-0.39, 0.29) is 0 Å². The molecule has 1 amide bonds. The zero-order valence-electron chi connectivity index (χ0n) is 19.7. The standard InChI is InChI=1S/C25H36N2O5/c1-25(2,3)32-24(29)27-21(15-18-9-7-6-8-10-18)22(28)17-26-14-13-19-16-20(30-4)11-12-23(19)31-5/h6-12,16,21-22,26,28H,13-15,17H2,1-5H3,(H,27,29)/t21-,22+/m0/s1. The number of aliphatic hydroxyl groups excluding tert-OH is 1. The van der Waals surface area contributed by atoms with Crippen molar-refractivity contribution in [3.8, 4) is 11.5 Å². The molecule has 32 heavy (non-hydrogen) atoms. The number of nitrogens with one attached hydrogen (secondary N) is 2. The minimum absolute atomic E-state index is 0.319. The smallest absolute Gasteiger partial charge is 0.407 e. The lowest BCUT2D eigenvalue weighted by atomic mass is 10.0. The third-order valence-electron chi connectivity index (χ3n) is 4.88. The van der Waals surface area contributed by atoms with Gasteiger partial charge in [0.2, 0.25) is 0 Å². The van der Waals surface area contributed by atoms with Gasteiger partial charge < -0.3 is 30.0 Å². The summed E-state index contributed by atoms with van der Waals surface area (Å²) in [6, 6.07) is 14.9. The molecule has 0 heterocycles. The van der Waals surface area contributed by atoms with Crippen LogP contribution in [0, 0.1) is 0 Å². The summed E-state index contributed by atoms with van der Waals surface area (Å²) in [6.07, 6.45) is -0.142. The van der Waals surface area contributed by atoms with Crippen molar-refractivity contribution in [1.82, 2.24) is 10.6 Å². The maximum atomic E-state index is 12.3. The molecular weight excluding hydrogens is 408 g/mol. The van der Waals surface area contributed by atoms with E-state index in [1.807, 2.05) is 69.3 Å². The Morgan fingerprint density at radius 3 is 2.41 bits per heavy atom. The molecule has 7 heteroatoms. The highest BCUT2D eigenvalue weighted by molar-refractivity contribution is 5.68. The second-order valence-electron chi connectivity index (χ2n) is 8.64. The Morgan fingerprint density at radius 1 is 1.06 bits per heavy atom. The highest BCUT2D eigenvalue weighted by Crippen LogP contribution is 2.24. The molecule has 2 rings (SSSR count). The number of carbonyl (C=O) groups is 1. The maximum absolute atomic E-state index is 12.3. The van der Waals surface area contributed by atoms with Crippen molar-refractivity contribution in [3.63, 3.8) is 0 Å². The van der Waals surface area contributed by atoms with E-state index < -0.39 is 23.8 Å². The Bertz CT molecular complexity index is 836. The molecule has 0 aliphatic heterocycles. The Balaban J connectivity index is 1.95. The first kappa shape index (κ1) is 25.5. The van der Waals surface area contributed by atoms with E-state index in [0.29, 0.717) is 25.9 Å². The van der Waals surface area contributed by atoms with Gasteiger partial charge in [0, 0.05) is 6.54 Å². The van der Waals surface area contributed by atoms with Gasteiger partial charge in [0.25, 0.3) is 0 Å². The van der Waals surface area contributed by atoms with Gasteiger partial charge in [0.15, 0.2) is 0 Å². The predicted molar refractivity (Wildman–Crippen MR) is 125 cm³/mol. The van der Waals surface area contributed by atoms with Gasteiger partial charge in [-0.25, -0.2) is 4.79 Å². The second-order valence-corrected chi connectivity index (χ2v) is 8.64. The highest BCUT2D eigenvalue weighted by Gasteiger charge is 2.24. The molecule has 176 valence electrons. The number of carbonyl (C=O) groups excluding carboxylic acids is 1. The largest absolute Gasteiger partial charge is 0.497 e. The van der Waals surface area contributed by atoms with Gasteiger partial charge >= 0.3 is 6.09 Å². The maximum Gasteiger partial charge on any atom is 0.407 e. The molecule has 2 atom stereocenters. The summed E-state index contributed by atoms with van der Waals surface area (Å²) in [5.41, 5.74) is 1.43. The molecule has 0 saturated heterocycles. The molecule has 0 aliphatic rings. The van der Waals surface area contributed by atoms with Crippen molar-refractivity contribution in [1.29, 1.82) is 0 Å². The Morgan fingerprint density at radius 2 is 1.78 bits per heavy atom. The van der Waals surface area contributed by atoms with E-state index in [4.69, 9.17) is 14.2 Å². The quantitative estimate of drug-likeness (QED) is 0.461. The highest BCUT2D eigenvalue weighted by atomic mass is 16.6. The van der Waals surface area contributed by atoms with Crippen LogP contribution in [0.2, 0.25) is 0 Å². The molecule has 7 nitrogen and oxygen atoms in total. The van der Waals surface area contributed by atoms with Gasteiger partial charge in [0.1, 0.15) is 17.1 Å². The molecule has 0 fully saturated rings. The fourth-order valence-corrected chi connectivity index (χ4v) is 3.30. The molecule has 0 unspecified atom stereocenters. The minimum Gasteiger partial charge on any atom is -0.497 e. The van der Waals surface area contributed by atoms with Crippen LogP contribution in [0.3, 0.4) is 0 Å². The van der Waals surface area contributed by atoms with Crippen LogP contribution in [-0.2, 0) is 17.6 Å². The monoisotopic (exact) mass is 444 g/mol. The van der Waals surface area contributed by atoms with Crippen LogP contribution in [0.15, 0.2) is 48.5 Å². The van der Waals surface area contributed by atoms with E-state index in [2.05, 4.69) is 10.6 Å². The normalized spacial score (nSPS) is 13.2. The van der Waals surface area contributed by atoms with E-state index in [9.17, 15) is 9.90 Å². The molecule has 0 spiro atoms. The number of hydrogen-bond donors (Lipinski definition) is 3. The topological polar surface area (TPSA) is 89.0 Å². The molecule has 2 aromatic rings. The van der Waals surface area contributed by atoms with Crippen molar-refractivity contribution in [3.05, 3.63) is 59.7 Å². The first-order valence-corrected chi connectivity index (χ1v) is 10.8. The summed E-state index contributed by atoms with van der Waals surface area (Å²) in [5, 5.41) is 16.9. The molecule has 0 aliphatic carbocycles. The van der Waals surface area contributed by atoms with Gasteiger partial charge in [-0.05, 0) is 69.5 Å². The summed E-state index contributed by atoms with van der Waals surface area (Å²) in [6.45, 7) is 6.38. The number of aliphatic hydroxyl groups is 1. The van der Waals surface area contributed by atoms with Crippen molar-refractivity contribution < 1.29 is 24.1 Å². The van der Waals surface area contributed by atoms with Crippen molar-refractivity contribution in [2.24, 2.45) is 0 Å². The molecule has 0 radical (unpaired) electrons. The lowest BCUT2D eigenvalue weighted by Crippen LogP contribution is -2.50. The lowest BCUT2D eigenvalue weighted by molar-refractivity contribution is 0.0423. The molecule has 0 saturated carbocycles. The van der Waals surface area contributed by atoms with Crippen LogP contribution >= 0.6 is 0 Å². The molecule has 0 aromatic heterocycles. The van der Waals surface area contributed by atoms with Gasteiger partial charge in [0.05, 0.1) is 26.4 Å². The van der Waals surface area contributed by atoms with Crippen LogP contribution in [-0.4, -0.2) is 56.3 Å². The zero-order valence-corrected chi connectivity index (χ0v) is 19.7.